The number of aryl methyl sites for hydroxylation is 1. The number of nitrogens with zero attached hydrogens (tertiary/aromatic N) is 1. The Hall–Kier alpha value is -2.18. The van der Waals surface area contributed by atoms with E-state index in [1.807, 2.05) is 12.1 Å². The Morgan fingerprint density at radius 1 is 1.07 bits per heavy atom. The fourth-order valence-corrected chi connectivity index (χ4v) is 5.71. The van der Waals surface area contributed by atoms with Crippen LogP contribution in [0.4, 0.5) is 5.69 Å². The highest BCUT2D eigenvalue weighted by atomic mass is 32.2. The Bertz CT molecular complexity index is 950. The molecule has 2 aliphatic carbocycles. The maximum absolute atomic E-state index is 13.4. The number of hydrogen-bond acceptors (Lipinski definition) is 3. The third kappa shape index (κ3) is 3.51. The smallest absolute Gasteiger partial charge is 0.243 e. The second kappa shape index (κ2) is 7.09. The van der Waals surface area contributed by atoms with Gasteiger partial charge in [-0.15, -0.1) is 0 Å². The summed E-state index contributed by atoms with van der Waals surface area (Å²) in [7, 11) is -3.59. The number of anilines is 1. The molecule has 27 heavy (non-hydrogen) atoms. The van der Waals surface area contributed by atoms with Crippen LogP contribution in [-0.2, 0) is 21.2 Å². The van der Waals surface area contributed by atoms with Gasteiger partial charge in [-0.1, -0.05) is 31.2 Å². The van der Waals surface area contributed by atoms with Gasteiger partial charge in [0.05, 0.1) is 10.9 Å². The van der Waals surface area contributed by atoms with E-state index in [1.54, 1.807) is 35.5 Å². The summed E-state index contributed by atoms with van der Waals surface area (Å²) in [5, 5.41) is 2.76. The summed E-state index contributed by atoms with van der Waals surface area (Å²) >= 11 is 0. The molecule has 1 N–H and O–H groups in total. The minimum absolute atomic E-state index is 0.0850. The maximum Gasteiger partial charge on any atom is 0.243 e. The lowest BCUT2D eigenvalue weighted by molar-refractivity contribution is -0.115. The molecule has 5 nitrogen and oxygen atoms in total. The zero-order chi connectivity index (χ0) is 19.0. The first-order valence-corrected chi connectivity index (χ1v) is 11.0. The number of benzene rings is 2. The van der Waals surface area contributed by atoms with Crippen LogP contribution in [0.1, 0.15) is 49.8 Å². The molecule has 0 aromatic heterocycles. The van der Waals surface area contributed by atoms with Gasteiger partial charge in [-0.2, -0.15) is 4.31 Å². The first-order chi connectivity index (χ1) is 13.0. The molecule has 1 amide bonds. The van der Waals surface area contributed by atoms with Crippen molar-refractivity contribution in [2.24, 2.45) is 0 Å². The van der Waals surface area contributed by atoms with Crippen LogP contribution < -0.4 is 5.32 Å². The van der Waals surface area contributed by atoms with Crippen molar-refractivity contribution in [1.29, 1.82) is 0 Å². The molecule has 1 unspecified atom stereocenters. The van der Waals surface area contributed by atoms with Gasteiger partial charge in [0.25, 0.3) is 0 Å². The van der Waals surface area contributed by atoms with Gasteiger partial charge in [0.1, 0.15) is 0 Å². The van der Waals surface area contributed by atoms with Crippen LogP contribution in [0.5, 0.6) is 0 Å². The van der Waals surface area contributed by atoms with Gasteiger partial charge in [0.15, 0.2) is 0 Å². The van der Waals surface area contributed by atoms with Gasteiger partial charge < -0.3 is 5.32 Å². The number of carbonyl (C=O) groups is 1. The van der Waals surface area contributed by atoms with Crippen LogP contribution in [0.25, 0.3) is 0 Å². The Labute approximate surface area is 160 Å². The molecule has 2 aromatic rings. The largest absolute Gasteiger partial charge is 0.326 e. The SMILES string of the molecule is CCC(=O)Nc1ccc(S(=O)(=O)N(C2CC2)C2CCc3ccccc32)cc1. The maximum atomic E-state index is 13.4. The summed E-state index contributed by atoms with van der Waals surface area (Å²) in [6.45, 7) is 1.78. The van der Waals surface area contributed by atoms with Crippen molar-refractivity contribution in [3.8, 4) is 0 Å². The van der Waals surface area contributed by atoms with Crippen molar-refractivity contribution >= 4 is 21.6 Å². The van der Waals surface area contributed by atoms with Gasteiger partial charge in [-0.05, 0) is 61.1 Å². The molecule has 1 saturated carbocycles. The average Bonchev–Trinajstić information content (AvgIpc) is 3.41. The van der Waals surface area contributed by atoms with Gasteiger partial charge >= 0.3 is 0 Å². The van der Waals surface area contributed by atoms with Crippen LogP contribution in [-0.4, -0.2) is 24.7 Å². The van der Waals surface area contributed by atoms with Crippen LogP contribution in [0.2, 0.25) is 0 Å². The third-order valence-electron chi connectivity index (χ3n) is 5.35. The van der Waals surface area contributed by atoms with Crippen molar-refractivity contribution in [1.82, 2.24) is 4.31 Å². The van der Waals surface area contributed by atoms with Crippen LogP contribution in [0, 0.1) is 0 Å². The monoisotopic (exact) mass is 384 g/mol. The molecule has 2 aromatic carbocycles. The highest BCUT2D eigenvalue weighted by molar-refractivity contribution is 7.89. The Morgan fingerprint density at radius 2 is 1.78 bits per heavy atom. The molecule has 142 valence electrons. The molecule has 0 saturated heterocycles. The molecule has 2 aliphatic rings. The number of fused-ring (bicyclic) bond motifs is 1. The number of amides is 1. The van der Waals surface area contributed by atoms with Gasteiger partial charge in [0, 0.05) is 18.2 Å². The van der Waals surface area contributed by atoms with Crippen molar-refractivity contribution in [3.63, 3.8) is 0 Å². The van der Waals surface area contributed by atoms with Crippen molar-refractivity contribution < 1.29 is 13.2 Å². The summed E-state index contributed by atoms with van der Waals surface area (Å²) in [5.41, 5.74) is 3.01. The van der Waals surface area contributed by atoms with E-state index in [-0.39, 0.29) is 22.9 Å². The molecule has 0 spiro atoms. The summed E-state index contributed by atoms with van der Waals surface area (Å²) in [6, 6.07) is 14.7. The van der Waals surface area contributed by atoms with Crippen LogP contribution >= 0.6 is 0 Å². The van der Waals surface area contributed by atoms with E-state index >= 15 is 0 Å². The van der Waals surface area contributed by atoms with Crippen molar-refractivity contribution in [2.45, 2.75) is 56.0 Å². The third-order valence-corrected chi connectivity index (χ3v) is 7.33. The summed E-state index contributed by atoms with van der Waals surface area (Å²) in [5.74, 6) is -0.0900. The minimum atomic E-state index is -3.59. The van der Waals surface area contributed by atoms with E-state index in [0.29, 0.717) is 12.1 Å². The average molecular weight is 385 g/mol. The highest BCUT2D eigenvalue weighted by Gasteiger charge is 2.44. The van der Waals surface area contributed by atoms with Gasteiger partial charge in [-0.3, -0.25) is 4.79 Å². The normalized spacial score (nSPS) is 19.1. The predicted molar refractivity (Wildman–Crippen MR) is 105 cm³/mol. The zero-order valence-electron chi connectivity index (χ0n) is 15.4. The molecular weight excluding hydrogens is 360 g/mol. The fraction of sp³-hybridized carbons (Fsp3) is 0.381. The quantitative estimate of drug-likeness (QED) is 0.822. The molecule has 1 atom stereocenters. The highest BCUT2D eigenvalue weighted by Crippen LogP contribution is 2.44. The van der Waals surface area contributed by atoms with Gasteiger partial charge in [-0.25, -0.2) is 8.42 Å². The second-order valence-electron chi connectivity index (χ2n) is 7.25. The van der Waals surface area contributed by atoms with E-state index in [2.05, 4.69) is 17.4 Å². The Morgan fingerprint density at radius 3 is 2.44 bits per heavy atom. The molecule has 0 heterocycles. The lowest BCUT2D eigenvalue weighted by Crippen LogP contribution is -2.36. The molecular formula is C21H24N2O3S. The summed E-state index contributed by atoms with van der Waals surface area (Å²) < 4.78 is 28.6. The number of carbonyl (C=O) groups excluding carboxylic acids is 1. The zero-order valence-corrected chi connectivity index (χ0v) is 16.2. The van der Waals surface area contributed by atoms with Crippen LogP contribution in [0.15, 0.2) is 53.4 Å². The summed E-state index contributed by atoms with van der Waals surface area (Å²) in [6.07, 6.45) is 3.98. The standard InChI is InChI=1S/C21H24N2O3S/c1-2-21(24)22-16-8-12-18(13-9-16)27(25,26)23(17-10-11-17)20-14-7-15-5-3-4-6-19(15)20/h3-6,8-9,12-13,17,20H,2,7,10-11,14H2,1H3,(H,22,24). The molecule has 0 bridgehead atoms. The molecule has 0 radical (unpaired) electrons. The first-order valence-electron chi connectivity index (χ1n) is 9.52. The topological polar surface area (TPSA) is 66.5 Å². The molecule has 4 rings (SSSR count). The van der Waals surface area contributed by atoms with E-state index in [1.165, 1.54) is 5.56 Å². The Kier molecular flexibility index (Phi) is 4.78. The molecule has 0 aliphatic heterocycles. The van der Waals surface area contributed by atoms with E-state index in [4.69, 9.17) is 0 Å². The number of rotatable bonds is 6. The van der Waals surface area contributed by atoms with Gasteiger partial charge in [0.2, 0.25) is 15.9 Å². The lowest BCUT2D eigenvalue weighted by Gasteiger charge is -2.29. The molecule has 6 heteroatoms. The van der Waals surface area contributed by atoms with E-state index in [9.17, 15) is 13.2 Å². The Balaban J connectivity index is 1.64. The lowest BCUT2D eigenvalue weighted by atomic mass is 10.1. The minimum Gasteiger partial charge on any atom is -0.326 e. The molecule has 1 fully saturated rings. The number of sulfonamides is 1. The predicted octanol–water partition coefficient (Wildman–Crippen LogP) is 3.88. The fourth-order valence-electron chi connectivity index (χ4n) is 3.83. The van der Waals surface area contributed by atoms with E-state index < -0.39 is 10.0 Å². The van der Waals surface area contributed by atoms with E-state index in [0.717, 1.165) is 31.2 Å². The van der Waals surface area contributed by atoms with Crippen molar-refractivity contribution in [3.05, 3.63) is 59.7 Å². The number of hydrogen-bond donors (Lipinski definition) is 1. The number of nitrogens with one attached hydrogen (secondary N) is 1. The summed E-state index contributed by atoms with van der Waals surface area (Å²) in [4.78, 5) is 11.8. The first kappa shape index (κ1) is 18.2. The second-order valence-corrected chi connectivity index (χ2v) is 9.09. The van der Waals surface area contributed by atoms with Crippen LogP contribution in [0.3, 0.4) is 0 Å². The van der Waals surface area contributed by atoms with Crippen molar-refractivity contribution in [2.75, 3.05) is 5.32 Å².